The van der Waals surface area contributed by atoms with Crippen molar-refractivity contribution in [3.05, 3.63) is 29.8 Å². The number of carbonyl (C=O) groups excluding carboxylic acids is 3. The lowest BCUT2D eigenvalue weighted by molar-refractivity contribution is -0.142. The number of amides is 3. The first-order valence-corrected chi connectivity index (χ1v) is 14.4. The molecule has 0 saturated carbocycles. The SMILES string of the molecule is N=C(N)NCCC[C@H](NC(=O)[C@H](Cc1ccc(O)cc1)NC(=O)[C@@H](N)CCCNC(=N)N)C(=O)N[C@@H](CCCCN)C(=O)O. The van der Waals surface area contributed by atoms with Gasteiger partial charge in [0.05, 0.1) is 6.04 Å². The van der Waals surface area contributed by atoms with Gasteiger partial charge in [0.25, 0.3) is 0 Å². The summed E-state index contributed by atoms with van der Waals surface area (Å²) in [4.78, 5) is 51.5. The molecule has 44 heavy (non-hydrogen) atoms. The van der Waals surface area contributed by atoms with Crippen LogP contribution in [0.4, 0.5) is 0 Å². The maximum absolute atomic E-state index is 13.6. The van der Waals surface area contributed by atoms with Crippen molar-refractivity contribution in [2.75, 3.05) is 19.6 Å². The van der Waals surface area contributed by atoms with Gasteiger partial charge in [-0.1, -0.05) is 12.1 Å². The Morgan fingerprint density at radius 1 is 0.727 bits per heavy atom. The summed E-state index contributed by atoms with van der Waals surface area (Å²) < 4.78 is 0. The highest BCUT2D eigenvalue weighted by atomic mass is 16.4. The van der Waals surface area contributed by atoms with Crippen LogP contribution in [0.1, 0.15) is 50.5 Å². The van der Waals surface area contributed by atoms with Crippen molar-refractivity contribution in [2.24, 2.45) is 22.9 Å². The molecule has 0 heterocycles. The van der Waals surface area contributed by atoms with Crippen molar-refractivity contribution < 1.29 is 29.4 Å². The molecule has 1 rings (SSSR count). The van der Waals surface area contributed by atoms with E-state index < -0.39 is 47.9 Å². The second-order valence-electron chi connectivity index (χ2n) is 10.2. The van der Waals surface area contributed by atoms with E-state index in [1.54, 1.807) is 12.1 Å². The van der Waals surface area contributed by atoms with Crippen LogP contribution in [0.25, 0.3) is 0 Å². The number of benzene rings is 1. The number of rotatable bonds is 21. The van der Waals surface area contributed by atoms with Crippen molar-refractivity contribution in [2.45, 2.75) is 75.5 Å². The molecular formula is C27H47N11O6. The molecule has 0 aliphatic heterocycles. The van der Waals surface area contributed by atoms with Gasteiger partial charge in [-0.2, -0.15) is 0 Å². The van der Waals surface area contributed by atoms with E-state index in [0.717, 1.165) is 0 Å². The van der Waals surface area contributed by atoms with E-state index in [4.69, 9.17) is 33.8 Å². The van der Waals surface area contributed by atoms with E-state index in [1.165, 1.54) is 12.1 Å². The fraction of sp³-hybridized carbons (Fsp3) is 0.556. The van der Waals surface area contributed by atoms with Gasteiger partial charge in [-0.25, -0.2) is 4.79 Å². The summed E-state index contributed by atoms with van der Waals surface area (Å²) in [5, 5.41) is 46.7. The minimum Gasteiger partial charge on any atom is -0.508 e. The molecule has 17 heteroatoms. The van der Waals surface area contributed by atoms with Gasteiger partial charge in [0.1, 0.15) is 23.9 Å². The summed E-state index contributed by atoms with van der Waals surface area (Å²) in [7, 11) is 0. The predicted octanol–water partition coefficient (Wildman–Crippen LogP) is -2.54. The first kappa shape index (κ1) is 37.4. The van der Waals surface area contributed by atoms with Crippen LogP contribution in [0, 0.1) is 10.8 Å². The van der Waals surface area contributed by atoms with Crippen LogP contribution < -0.4 is 49.5 Å². The topological polar surface area (TPSA) is 321 Å². The molecule has 0 bridgehead atoms. The van der Waals surface area contributed by atoms with E-state index in [-0.39, 0.29) is 56.3 Å². The Bertz CT molecular complexity index is 1100. The van der Waals surface area contributed by atoms with E-state index in [9.17, 15) is 29.4 Å². The monoisotopic (exact) mass is 621 g/mol. The molecule has 0 aliphatic carbocycles. The number of carbonyl (C=O) groups is 4. The number of nitrogens with two attached hydrogens (primary N) is 4. The van der Waals surface area contributed by atoms with Gasteiger partial charge in [-0.15, -0.1) is 0 Å². The molecule has 0 aliphatic rings. The number of carboxylic acids is 1. The van der Waals surface area contributed by atoms with Crippen LogP contribution in [0.2, 0.25) is 0 Å². The molecule has 0 aromatic heterocycles. The van der Waals surface area contributed by atoms with Gasteiger partial charge in [-0.05, 0) is 69.2 Å². The third kappa shape index (κ3) is 15.5. The zero-order valence-electron chi connectivity index (χ0n) is 24.7. The Morgan fingerprint density at radius 2 is 1.23 bits per heavy atom. The summed E-state index contributed by atoms with van der Waals surface area (Å²) in [6.07, 6.45) is 2.19. The lowest BCUT2D eigenvalue weighted by Gasteiger charge is -2.25. The molecule has 1 aromatic rings. The normalized spacial score (nSPS) is 13.4. The Balaban J connectivity index is 3.12. The molecule has 0 saturated heterocycles. The number of aliphatic carboxylic acids is 1. The number of phenols is 1. The van der Waals surface area contributed by atoms with Crippen LogP contribution in [-0.4, -0.2) is 89.6 Å². The lowest BCUT2D eigenvalue weighted by atomic mass is 10.0. The maximum atomic E-state index is 13.6. The van der Waals surface area contributed by atoms with Crippen molar-refractivity contribution in [1.29, 1.82) is 10.8 Å². The van der Waals surface area contributed by atoms with Gasteiger partial charge in [0.2, 0.25) is 17.7 Å². The van der Waals surface area contributed by atoms with Crippen molar-refractivity contribution >= 4 is 35.6 Å². The standard InChI is InChI=1S/C27H47N11O6/c28-12-2-1-6-20(25(43)44)37-23(41)19(7-4-14-35-27(32)33)36-24(42)21(15-16-8-10-17(39)11-9-16)38-22(40)18(29)5-3-13-34-26(30)31/h8-11,18-21,39H,1-7,12-15,28-29H2,(H,36,42)(H,37,41)(H,38,40)(H,43,44)(H4,30,31,34)(H4,32,33,35)/t18-,19-,20-,21-/m0/s1. The molecule has 246 valence electrons. The molecule has 0 fully saturated rings. The van der Waals surface area contributed by atoms with E-state index in [1.807, 2.05) is 0 Å². The van der Waals surface area contributed by atoms with Gasteiger partial charge >= 0.3 is 5.97 Å². The van der Waals surface area contributed by atoms with Gasteiger partial charge in [-0.3, -0.25) is 25.2 Å². The van der Waals surface area contributed by atoms with Crippen LogP contribution in [0.5, 0.6) is 5.75 Å². The minimum atomic E-state index is -1.23. The van der Waals surface area contributed by atoms with Crippen LogP contribution >= 0.6 is 0 Å². The minimum absolute atomic E-state index is 0.00641. The zero-order valence-corrected chi connectivity index (χ0v) is 24.7. The molecule has 17 N–H and O–H groups in total. The fourth-order valence-electron chi connectivity index (χ4n) is 4.12. The second-order valence-corrected chi connectivity index (χ2v) is 10.2. The number of phenolic OH excluding ortho intramolecular Hbond substituents is 1. The summed E-state index contributed by atoms with van der Waals surface area (Å²) in [5.74, 6) is -3.78. The number of guanidine groups is 2. The number of hydrogen-bond acceptors (Lipinski definition) is 9. The van der Waals surface area contributed by atoms with Crippen molar-refractivity contribution in [3.8, 4) is 5.75 Å². The average molecular weight is 622 g/mol. The number of unbranched alkanes of at least 4 members (excludes halogenated alkanes) is 1. The molecule has 1 aromatic carbocycles. The number of hydrogen-bond donors (Lipinski definition) is 13. The first-order valence-electron chi connectivity index (χ1n) is 14.4. The summed E-state index contributed by atoms with van der Waals surface area (Å²) in [5.41, 5.74) is 22.7. The van der Waals surface area contributed by atoms with Crippen LogP contribution in [0.3, 0.4) is 0 Å². The Labute approximate surface area is 256 Å². The average Bonchev–Trinajstić information content (AvgIpc) is 2.96. The van der Waals surface area contributed by atoms with Crippen LogP contribution in [0.15, 0.2) is 24.3 Å². The summed E-state index contributed by atoms with van der Waals surface area (Å²) >= 11 is 0. The summed E-state index contributed by atoms with van der Waals surface area (Å²) in [6.45, 7) is 0.913. The van der Waals surface area contributed by atoms with Crippen molar-refractivity contribution in [1.82, 2.24) is 26.6 Å². The Morgan fingerprint density at radius 3 is 1.77 bits per heavy atom. The lowest BCUT2D eigenvalue weighted by Crippen LogP contribution is -2.57. The van der Waals surface area contributed by atoms with Crippen molar-refractivity contribution in [3.63, 3.8) is 0 Å². The molecular weight excluding hydrogens is 574 g/mol. The quantitative estimate of drug-likeness (QED) is 0.0383. The molecule has 4 atom stereocenters. The van der Waals surface area contributed by atoms with Gasteiger partial charge < -0.3 is 59.7 Å². The van der Waals surface area contributed by atoms with E-state index in [0.29, 0.717) is 37.9 Å². The second kappa shape index (κ2) is 20.3. The van der Waals surface area contributed by atoms with E-state index >= 15 is 0 Å². The van der Waals surface area contributed by atoms with E-state index in [2.05, 4.69) is 26.6 Å². The highest BCUT2D eigenvalue weighted by molar-refractivity contribution is 5.94. The van der Waals surface area contributed by atoms with Gasteiger partial charge in [0.15, 0.2) is 11.9 Å². The Hall–Kier alpha value is -4.64. The maximum Gasteiger partial charge on any atom is 0.326 e. The number of aromatic hydroxyl groups is 1. The third-order valence-corrected chi connectivity index (χ3v) is 6.53. The van der Waals surface area contributed by atoms with Gasteiger partial charge in [0, 0.05) is 19.5 Å². The smallest absolute Gasteiger partial charge is 0.326 e. The molecule has 0 spiro atoms. The highest BCUT2D eigenvalue weighted by Crippen LogP contribution is 2.12. The Kier molecular flexibility index (Phi) is 17.2. The molecule has 0 radical (unpaired) electrons. The molecule has 0 unspecified atom stereocenters. The number of nitrogens with one attached hydrogen (secondary N) is 7. The highest BCUT2D eigenvalue weighted by Gasteiger charge is 2.30. The zero-order chi connectivity index (χ0) is 33.1. The van der Waals surface area contributed by atoms with Crippen LogP contribution in [-0.2, 0) is 25.6 Å². The fourth-order valence-corrected chi connectivity index (χ4v) is 4.12. The molecule has 3 amide bonds. The molecule has 17 nitrogen and oxygen atoms in total. The predicted molar refractivity (Wildman–Crippen MR) is 164 cm³/mol. The third-order valence-electron chi connectivity index (χ3n) is 6.53. The summed E-state index contributed by atoms with van der Waals surface area (Å²) in [6, 6.07) is 1.45. The first-order chi connectivity index (χ1) is 20.8. The number of carboxylic acid groups (broad SMARTS) is 1. The largest absolute Gasteiger partial charge is 0.508 e.